The van der Waals surface area contributed by atoms with Gasteiger partial charge in [0.25, 0.3) is 5.91 Å². The van der Waals surface area contributed by atoms with Gasteiger partial charge >= 0.3 is 6.01 Å². The third-order valence-electron chi connectivity index (χ3n) is 5.04. The number of H-pyrrole nitrogens is 1. The van der Waals surface area contributed by atoms with Crippen LogP contribution in [0.1, 0.15) is 35.8 Å². The number of para-hydroxylation sites is 1. The van der Waals surface area contributed by atoms with Gasteiger partial charge in [-0.1, -0.05) is 44.2 Å². The van der Waals surface area contributed by atoms with E-state index in [9.17, 15) is 9.00 Å². The van der Waals surface area contributed by atoms with E-state index >= 15 is 0 Å². The van der Waals surface area contributed by atoms with Crippen molar-refractivity contribution in [3.05, 3.63) is 66.2 Å². The largest absolute Gasteiger partial charge is 0.432 e. The van der Waals surface area contributed by atoms with E-state index < -0.39 is 11.0 Å². The minimum Gasteiger partial charge on any atom is -0.432 e. The highest BCUT2D eigenvalue weighted by Crippen LogP contribution is 2.36. The fraction of sp³-hybridized carbons (Fsp3) is 0.217. The lowest BCUT2D eigenvalue weighted by atomic mass is 9.97. The Morgan fingerprint density at radius 2 is 1.90 bits per heavy atom. The molecule has 1 unspecified atom stereocenters. The van der Waals surface area contributed by atoms with Crippen molar-refractivity contribution in [3.63, 3.8) is 0 Å². The molecule has 0 bridgehead atoms. The molecule has 0 aliphatic rings. The Hall–Kier alpha value is -3.23. The number of amides is 1. The average molecular weight is 437 g/mol. The van der Waals surface area contributed by atoms with Gasteiger partial charge in [0.05, 0.1) is 16.6 Å². The van der Waals surface area contributed by atoms with Gasteiger partial charge < -0.3 is 9.40 Å². The van der Waals surface area contributed by atoms with Gasteiger partial charge in [0.2, 0.25) is 0 Å². The highest BCUT2D eigenvalue weighted by molar-refractivity contribution is 7.82. The van der Waals surface area contributed by atoms with Gasteiger partial charge in [0.1, 0.15) is 22.9 Å². The summed E-state index contributed by atoms with van der Waals surface area (Å²) in [4.78, 5) is 21.1. The number of carbonyl (C=O) groups is 1. The van der Waals surface area contributed by atoms with E-state index in [0.717, 1.165) is 27.6 Å². The number of rotatable bonds is 6. The summed E-state index contributed by atoms with van der Waals surface area (Å²) < 4.78 is 19.2. The third-order valence-corrected chi connectivity index (χ3v) is 6.38. The van der Waals surface area contributed by atoms with Crippen molar-refractivity contribution in [2.45, 2.75) is 24.7 Å². The molecule has 2 heterocycles. The molecule has 1 amide bonds. The van der Waals surface area contributed by atoms with Gasteiger partial charge in [-0.05, 0) is 43.3 Å². The summed E-state index contributed by atoms with van der Waals surface area (Å²) in [6.07, 6.45) is 2.88. The van der Waals surface area contributed by atoms with Crippen molar-refractivity contribution in [3.8, 4) is 11.1 Å². The highest BCUT2D eigenvalue weighted by Gasteiger charge is 2.22. The van der Waals surface area contributed by atoms with Crippen LogP contribution in [0, 0.1) is 0 Å². The molecule has 0 saturated heterocycles. The van der Waals surface area contributed by atoms with E-state index in [4.69, 9.17) is 4.42 Å². The lowest BCUT2D eigenvalue weighted by Crippen LogP contribution is -2.15. The molecule has 4 rings (SSSR count). The quantitative estimate of drug-likeness (QED) is 0.455. The molecule has 1 atom stereocenters. The number of hydrogen-bond donors (Lipinski definition) is 2. The molecular weight excluding hydrogens is 412 g/mol. The number of aromatic nitrogens is 2. The Morgan fingerprint density at radius 1 is 1.16 bits per heavy atom. The second-order valence-electron chi connectivity index (χ2n) is 7.68. The van der Waals surface area contributed by atoms with Gasteiger partial charge in [0.15, 0.2) is 0 Å². The van der Waals surface area contributed by atoms with Crippen LogP contribution in [0.4, 0.5) is 6.01 Å². The maximum absolute atomic E-state index is 13.1. The van der Waals surface area contributed by atoms with Crippen LogP contribution >= 0.6 is 0 Å². The second-order valence-corrected chi connectivity index (χ2v) is 9.38. The summed E-state index contributed by atoms with van der Waals surface area (Å²) in [6.45, 7) is 4.24. The van der Waals surface area contributed by atoms with Crippen molar-refractivity contribution < 1.29 is 13.4 Å². The molecule has 4 aromatic rings. The normalized spacial score (nSPS) is 12.6. The molecule has 2 aromatic carbocycles. The Balaban J connectivity index is 1.87. The minimum absolute atomic E-state index is 0.135. The first-order valence-corrected chi connectivity index (χ1v) is 11.0. The SMILES string of the molecule is CC(C)c1cccc2c(-c3ccc(S(=O)N(C)C)cc3)c(C(=O)Nc3ncco3)[nH]c12. The molecule has 2 aromatic heterocycles. The third kappa shape index (κ3) is 4.04. The number of oxazole rings is 1. The lowest BCUT2D eigenvalue weighted by molar-refractivity contribution is 0.102. The van der Waals surface area contributed by atoms with Crippen LogP contribution in [-0.4, -0.2) is 38.5 Å². The number of aromatic amines is 1. The molecule has 31 heavy (non-hydrogen) atoms. The number of benzene rings is 2. The van der Waals surface area contributed by atoms with E-state index in [0.29, 0.717) is 10.6 Å². The minimum atomic E-state index is -1.24. The molecule has 0 radical (unpaired) electrons. The standard InChI is InChI=1S/C23H24N4O3S/c1-14(2)17-6-5-7-18-19(15-8-10-16(11-9-15)31(29)27(3)4)21(25-20(17)18)22(28)26-23-24-12-13-30-23/h5-14,25H,1-4H3,(H,24,26,28). The van der Waals surface area contributed by atoms with Gasteiger partial charge in [-0.3, -0.25) is 10.1 Å². The predicted molar refractivity (Wildman–Crippen MR) is 122 cm³/mol. The highest BCUT2D eigenvalue weighted by atomic mass is 32.2. The molecular formula is C23H24N4O3S. The van der Waals surface area contributed by atoms with Crippen LogP contribution in [-0.2, 0) is 11.0 Å². The van der Waals surface area contributed by atoms with Crippen LogP contribution in [0.15, 0.2) is 64.2 Å². The van der Waals surface area contributed by atoms with Gasteiger partial charge in [0, 0.05) is 10.9 Å². The van der Waals surface area contributed by atoms with E-state index in [-0.39, 0.29) is 17.8 Å². The van der Waals surface area contributed by atoms with E-state index in [1.54, 1.807) is 18.4 Å². The molecule has 0 aliphatic carbocycles. The Kier molecular flexibility index (Phi) is 5.75. The maximum atomic E-state index is 13.1. The molecule has 2 N–H and O–H groups in total. The molecule has 7 nitrogen and oxygen atoms in total. The number of hydrogen-bond acceptors (Lipinski definition) is 4. The Labute approximate surface area is 183 Å². The zero-order valence-electron chi connectivity index (χ0n) is 17.8. The van der Waals surface area contributed by atoms with Crippen molar-refractivity contribution in [1.29, 1.82) is 0 Å². The van der Waals surface area contributed by atoms with Gasteiger partial charge in [-0.2, -0.15) is 0 Å². The van der Waals surface area contributed by atoms with Crippen LogP contribution < -0.4 is 5.32 Å². The summed E-state index contributed by atoms with van der Waals surface area (Å²) >= 11 is 0. The topological polar surface area (TPSA) is 91.2 Å². The van der Waals surface area contributed by atoms with E-state index in [2.05, 4.69) is 35.2 Å². The summed E-state index contributed by atoms with van der Waals surface area (Å²) in [5.41, 5.74) is 4.10. The number of fused-ring (bicyclic) bond motifs is 1. The van der Waals surface area contributed by atoms with E-state index in [1.807, 2.05) is 36.4 Å². The summed E-state index contributed by atoms with van der Waals surface area (Å²) in [7, 11) is 2.29. The Morgan fingerprint density at radius 3 is 2.52 bits per heavy atom. The smallest absolute Gasteiger partial charge is 0.301 e. The Bertz CT molecular complexity index is 1240. The van der Waals surface area contributed by atoms with Crippen molar-refractivity contribution >= 4 is 33.8 Å². The molecule has 8 heteroatoms. The zero-order valence-corrected chi connectivity index (χ0v) is 18.6. The lowest BCUT2D eigenvalue weighted by Gasteiger charge is -2.10. The fourth-order valence-corrected chi connectivity index (χ4v) is 4.38. The maximum Gasteiger partial charge on any atom is 0.301 e. The number of anilines is 1. The first kappa shape index (κ1) is 21.0. The van der Waals surface area contributed by atoms with Gasteiger partial charge in [-0.25, -0.2) is 13.5 Å². The van der Waals surface area contributed by atoms with Crippen LogP contribution in [0.25, 0.3) is 22.0 Å². The van der Waals surface area contributed by atoms with Crippen molar-refractivity contribution in [1.82, 2.24) is 14.3 Å². The molecule has 0 aliphatic heterocycles. The number of nitrogens with one attached hydrogen (secondary N) is 2. The molecule has 160 valence electrons. The zero-order chi connectivity index (χ0) is 22.1. The second kappa shape index (κ2) is 8.49. The predicted octanol–water partition coefficient (Wildman–Crippen LogP) is 4.78. The van der Waals surface area contributed by atoms with Crippen LogP contribution in [0.2, 0.25) is 0 Å². The van der Waals surface area contributed by atoms with Crippen molar-refractivity contribution in [2.75, 3.05) is 19.4 Å². The summed E-state index contributed by atoms with van der Waals surface area (Å²) in [6, 6.07) is 13.6. The fourth-order valence-electron chi connectivity index (χ4n) is 3.59. The van der Waals surface area contributed by atoms with E-state index in [1.165, 1.54) is 12.5 Å². The molecule has 0 spiro atoms. The molecule has 0 fully saturated rings. The average Bonchev–Trinajstić information content (AvgIpc) is 3.40. The molecule has 0 saturated carbocycles. The number of nitrogens with zero attached hydrogens (tertiary/aromatic N) is 2. The van der Waals surface area contributed by atoms with Crippen molar-refractivity contribution in [2.24, 2.45) is 0 Å². The first-order valence-electron chi connectivity index (χ1n) is 9.92. The van der Waals surface area contributed by atoms with Crippen LogP contribution in [0.3, 0.4) is 0 Å². The van der Waals surface area contributed by atoms with Crippen LogP contribution in [0.5, 0.6) is 0 Å². The summed E-state index contributed by atoms with van der Waals surface area (Å²) in [5.74, 6) is -0.0629. The summed E-state index contributed by atoms with van der Waals surface area (Å²) in [5, 5.41) is 3.65. The van der Waals surface area contributed by atoms with Gasteiger partial charge in [-0.15, -0.1) is 0 Å². The number of carbonyl (C=O) groups excluding carboxylic acids is 1. The first-order chi connectivity index (χ1) is 14.9. The monoisotopic (exact) mass is 436 g/mol.